The molecule has 16 heavy (non-hydrogen) atoms. The van der Waals surface area contributed by atoms with Crippen LogP contribution in [0.25, 0.3) is 0 Å². The van der Waals surface area contributed by atoms with Gasteiger partial charge in [-0.25, -0.2) is 0 Å². The quantitative estimate of drug-likeness (QED) is 0.939. The number of nitrogens with one attached hydrogen (secondary N) is 1. The molecule has 0 fully saturated rings. The van der Waals surface area contributed by atoms with Crippen molar-refractivity contribution in [1.29, 1.82) is 0 Å². The third-order valence-corrected chi connectivity index (χ3v) is 3.36. The first kappa shape index (κ1) is 11.5. The Balaban J connectivity index is 2.09. The number of rotatable bonds is 4. The Bertz CT molecular complexity index is 456. The number of halogens is 1. The van der Waals surface area contributed by atoms with Gasteiger partial charge in [0.25, 0.3) is 0 Å². The lowest BCUT2D eigenvalue weighted by Crippen LogP contribution is -2.02. The van der Waals surface area contributed by atoms with E-state index in [1.807, 2.05) is 11.4 Å². The summed E-state index contributed by atoms with van der Waals surface area (Å²) in [7, 11) is 0. The number of benzene rings is 1. The topological polar surface area (TPSA) is 37.8 Å². The van der Waals surface area contributed by atoms with E-state index in [4.69, 9.17) is 0 Å². The van der Waals surface area contributed by atoms with Gasteiger partial charge in [0.15, 0.2) is 0 Å². The summed E-state index contributed by atoms with van der Waals surface area (Å²) in [5, 5.41) is 9.33. The molecule has 0 saturated heterocycles. The Labute approximate surface area is 107 Å². The second kappa shape index (κ2) is 5.41. The molecule has 2 aromatic rings. The Morgan fingerprint density at radius 3 is 3.00 bits per heavy atom. The molecule has 1 N–H and O–H groups in total. The molecule has 1 aromatic carbocycles. The highest BCUT2D eigenvalue weighted by atomic mass is 79.9. The molecule has 0 bridgehead atoms. The van der Waals surface area contributed by atoms with Crippen LogP contribution in [0.5, 0.6) is 0 Å². The third-order valence-electron chi connectivity index (χ3n) is 2.31. The summed E-state index contributed by atoms with van der Waals surface area (Å²) in [6.45, 7) is 2.88. The fourth-order valence-electron chi connectivity index (χ4n) is 1.47. The minimum Gasteiger partial charge on any atom is -0.379 e. The van der Waals surface area contributed by atoms with Gasteiger partial charge in [0.2, 0.25) is 0 Å². The summed E-state index contributed by atoms with van der Waals surface area (Å²) >= 11 is 4.86. The standard InChI is InChI=1S/C11H12BrN3S/c1-2-8-5-9(12)3-4-11(8)13-6-10-7-16-15-14-10/h3-5,7,13H,2,6H2,1H3. The van der Waals surface area contributed by atoms with Gasteiger partial charge < -0.3 is 5.32 Å². The van der Waals surface area contributed by atoms with Gasteiger partial charge in [-0.2, -0.15) is 0 Å². The van der Waals surface area contributed by atoms with Crippen LogP contribution in [0.1, 0.15) is 18.2 Å². The molecule has 0 unspecified atom stereocenters. The lowest BCUT2D eigenvalue weighted by Gasteiger charge is -2.10. The van der Waals surface area contributed by atoms with Crippen LogP contribution >= 0.6 is 27.5 Å². The van der Waals surface area contributed by atoms with E-state index in [1.165, 1.54) is 22.8 Å². The van der Waals surface area contributed by atoms with Crippen LogP contribution < -0.4 is 5.32 Å². The van der Waals surface area contributed by atoms with Crippen molar-refractivity contribution in [2.45, 2.75) is 19.9 Å². The predicted octanol–water partition coefficient (Wildman–Crippen LogP) is 3.48. The van der Waals surface area contributed by atoms with E-state index in [2.05, 4.69) is 49.9 Å². The molecule has 0 radical (unpaired) electrons. The first-order valence-electron chi connectivity index (χ1n) is 5.08. The van der Waals surface area contributed by atoms with Crippen LogP contribution in [-0.2, 0) is 13.0 Å². The van der Waals surface area contributed by atoms with Gasteiger partial charge in [-0.15, -0.1) is 5.10 Å². The van der Waals surface area contributed by atoms with Crippen molar-refractivity contribution in [2.24, 2.45) is 0 Å². The molecule has 0 aliphatic rings. The van der Waals surface area contributed by atoms with Crippen molar-refractivity contribution in [2.75, 3.05) is 5.32 Å². The van der Waals surface area contributed by atoms with Crippen molar-refractivity contribution in [3.8, 4) is 0 Å². The number of aryl methyl sites for hydroxylation is 1. The largest absolute Gasteiger partial charge is 0.379 e. The van der Waals surface area contributed by atoms with E-state index >= 15 is 0 Å². The minimum atomic E-state index is 0.727. The predicted molar refractivity (Wildman–Crippen MR) is 70.8 cm³/mol. The lowest BCUT2D eigenvalue weighted by atomic mass is 10.1. The maximum Gasteiger partial charge on any atom is 0.0946 e. The Kier molecular flexibility index (Phi) is 3.90. The number of hydrogen-bond acceptors (Lipinski definition) is 4. The Morgan fingerprint density at radius 2 is 2.31 bits per heavy atom. The van der Waals surface area contributed by atoms with Crippen LogP contribution in [0.15, 0.2) is 28.1 Å². The summed E-state index contributed by atoms with van der Waals surface area (Å²) in [5.41, 5.74) is 3.45. The molecule has 0 aliphatic carbocycles. The first-order valence-corrected chi connectivity index (χ1v) is 6.70. The highest BCUT2D eigenvalue weighted by Crippen LogP contribution is 2.22. The normalized spacial score (nSPS) is 10.4. The molecule has 1 aromatic heterocycles. The fourth-order valence-corrected chi connectivity index (χ4v) is 2.33. The maximum absolute atomic E-state index is 4.00. The summed E-state index contributed by atoms with van der Waals surface area (Å²) in [6, 6.07) is 6.27. The van der Waals surface area contributed by atoms with Gasteiger partial charge >= 0.3 is 0 Å². The Hall–Kier alpha value is -0.940. The summed E-state index contributed by atoms with van der Waals surface area (Å²) in [4.78, 5) is 0. The first-order chi connectivity index (χ1) is 7.79. The molecule has 0 saturated carbocycles. The average Bonchev–Trinajstić information content (AvgIpc) is 2.80. The van der Waals surface area contributed by atoms with E-state index in [9.17, 15) is 0 Å². The monoisotopic (exact) mass is 297 g/mol. The van der Waals surface area contributed by atoms with E-state index in [1.54, 1.807) is 0 Å². The van der Waals surface area contributed by atoms with Crippen molar-refractivity contribution in [1.82, 2.24) is 9.59 Å². The second-order valence-electron chi connectivity index (χ2n) is 3.40. The zero-order chi connectivity index (χ0) is 11.4. The highest BCUT2D eigenvalue weighted by Gasteiger charge is 2.02. The molecule has 5 heteroatoms. The smallest absolute Gasteiger partial charge is 0.0946 e. The molecule has 0 spiro atoms. The van der Waals surface area contributed by atoms with Crippen LogP contribution in [0.4, 0.5) is 5.69 Å². The van der Waals surface area contributed by atoms with Gasteiger partial charge in [-0.1, -0.05) is 27.3 Å². The van der Waals surface area contributed by atoms with E-state index < -0.39 is 0 Å². The van der Waals surface area contributed by atoms with Gasteiger partial charge in [0.05, 0.1) is 12.2 Å². The Morgan fingerprint density at radius 1 is 1.44 bits per heavy atom. The molecular weight excluding hydrogens is 286 g/mol. The molecule has 84 valence electrons. The fraction of sp³-hybridized carbons (Fsp3) is 0.273. The van der Waals surface area contributed by atoms with Crippen molar-refractivity contribution < 1.29 is 0 Å². The minimum absolute atomic E-state index is 0.727. The van der Waals surface area contributed by atoms with E-state index in [0.717, 1.165) is 23.1 Å². The number of hydrogen-bond donors (Lipinski definition) is 1. The average molecular weight is 298 g/mol. The molecule has 0 atom stereocenters. The summed E-state index contributed by atoms with van der Waals surface area (Å²) in [5.74, 6) is 0. The van der Waals surface area contributed by atoms with Crippen molar-refractivity contribution in [3.63, 3.8) is 0 Å². The van der Waals surface area contributed by atoms with Gasteiger partial charge in [-0.05, 0) is 41.7 Å². The van der Waals surface area contributed by atoms with Crippen molar-refractivity contribution >= 4 is 33.1 Å². The highest BCUT2D eigenvalue weighted by molar-refractivity contribution is 9.10. The van der Waals surface area contributed by atoms with E-state index in [0.29, 0.717) is 0 Å². The number of nitrogens with zero attached hydrogens (tertiary/aromatic N) is 2. The molecule has 2 rings (SSSR count). The number of anilines is 1. The molecular formula is C11H12BrN3S. The van der Waals surface area contributed by atoms with Crippen LogP contribution in [0.3, 0.4) is 0 Å². The second-order valence-corrected chi connectivity index (χ2v) is 4.93. The van der Waals surface area contributed by atoms with E-state index in [-0.39, 0.29) is 0 Å². The SMILES string of the molecule is CCc1cc(Br)ccc1NCc1csnn1. The van der Waals surface area contributed by atoms with Crippen LogP contribution in [-0.4, -0.2) is 9.59 Å². The lowest BCUT2D eigenvalue weighted by molar-refractivity contribution is 0.991. The summed E-state index contributed by atoms with van der Waals surface area (Å²) < 4.78 is 4.95. The van der Waals surface area contributed by atoms with Gasteiger partial charge in [0, 0.05) is 15.5 Å². The maximum atomic E-state index is 4.00. The number of aromatic nitrogens is 2. The van der Waals surface area contributed by atoms with Crippen LogP contribution in [0, 0.1) is 0 Å². The van der Waals surface area contributed by atoms with Crippen LogP contribution in [0.2, 0.25) is 0 Å². The van der Waals surface area contributed by atoms with Crippen molar-refractivity contribution in [3.05, 3.63) is 39.3 Å². The molecule has 0 amide bonds. The van der Waals surface area contributed by atoms with Gasteiger partial charge in [0.1, 0.15) is 0 Å². The third kappa shape index (κ3) is 2.80. The zero-order valence-corrected chi connectivity index (χ0v) is 11.3. The molecule has 0 aliphatic heterocycles. The summed E-state index contributed by atoms with van der Waals surface area (Å²) in [6.07, 6.45) is 1.01. The molecule has 3 nitrogen and oxygen atoms in total. The van der Waals surface area contributed by atoms with Gasteiger partial charge in [-0.3, -0.25) is 0 Å². The zero-order valence-electron chi connectivity index (χ0n) is 8.90. The molecule has 1 heterocycles.